The fourth-order valence-corrected chi connectivity index (χ4v) is 3.76. The minimum atomic E-state index is -4.90. The van der Waals surface area contributed by atoms with Gasteiger partial charge in [-0.15, -0.1) is 0 Å². The van der Waals surface area contributed by atoms with Crippen LogP contribution in [-0.4, -0.2) is 26.3 Å². The third kappa shape index (κ3) is 4.46. The molecule has 0 saturated carbocycles. The van der Waals surface area contributed by atoms with Crippen molar-refractivity contribution in [2.75, 3.05) is 0 Å². The monoisotopic (exact) mass is 437 g/mol. The van der Waals surface area contributed by atoms with Crippen molar-refractivity contribution in [3.8, 4) is 11.5 Å². The molecule has 1 aliphatic heterocycles. The molecule has 0 aliphatic carbocycles. The first-order valence-corrected chi connectivity index (χ1v) is 9.76. The molecule has 2 amide bonds. The molecule has 0 aromatic heterocycles. The average Bonchev–Trinajstić information content (AvgIpc) is 2.91. The van der Waals surface area contributed by atoms with Crippen molar-refractivity contribution < 1.29 is 33.0 Å². The summed E-state index contributed by atoms with van der Waals surface area (Å²) < 4.78 is 39.1. The molecule has 9 heteroatoms. The second kappa shape index (κ2) is 8.06. The van der Waals surface area contributed by atoms with Crippen LogP contribution in [0.5, 0.6) is 11.5 Å². The van der Waals surface area contributed by atoms with E-state index in [-0.39, 0.29) is 17.0 Å². The van der Waals surface area contributed by atoms with Gasteiger partial charge in [-0.3, -0.25) is 14.5 Å². The largest absolute Gasteiger partial charge is 0.504 e. The molecule has 1 heterocycles. The number of hydrogen-bond acceptors (Lipinski definition) is 5. The van der Waals surface area contributed by atoms with Crippen LogP contribution >= 0.6 is 11.8 Å². The Kier molecular flexibility index (Phi) is 5.85. The number of rotatable bonds is 4. The zero-order chi connectivity index (χ0) is 22.2. The van der Waals surface area contributed by atoms with E-state index in [1.54, 1.807) is 0 Å². The van der Waals surface area contributed by atoms with E-state index in [1.165, 1.54) is 0 Å². The molecule has 2 N–H and O–H groups in total. The fourth-order valence-electron chi connectivity index (χ4n) is 2.92. The number of imide groups is 1. The second-order valence-corrected chi connectivity index (χ2v) is 8.09. The van der Waals surface area contributed by atoms with Crippen LogP contribution in [0.4, 0.5) is 18.0 Å². The molecule has 0 radical (unpaired) electrons. The van der Waals surface area contributed by atoms with Crippen molar-refractivity contribution >= 4 is 29.0 Å². The van der Waals surface area contributed by atoms with Crippen molar-refractivity contribution in [3.05, 3.63) is 63.6 Å². The Balaban J connectivity index is 1.85. The summed E-state index contributed by atoms with van der Waals surface area (Å²) in [6.45, 7) is 4.12. The first kappa shape index (κ1) is 21.8. The molecule has 1 fully saturated rings. The van der Waals surface area contributed by atoms with Crippen LogP contribution in [0.1, 0.15) is 42.0 Å². The number of phenols is 2. The standard InChI is InChI=1S/C21H18F3NO4S/c1-11(2)14-5-3-12(4-6-14)10-25-19(28)17(30-20(25)29)9-13-7-15(21(22,23)24)18(27)16(26)8-13/h3-9,11,26-27H,10H2,1-2H3/b17-9-. The van der Waals surface area contributed by atoms with Crippen LogP contribution in [0.3, 0.4) is 0 Å². The lowest BCUT2D eigenvalue weighted by Gasteiger charge is -2.13. The summed E-state index contributed by atoms with van der Waals surface area (Å²) >= 11 is 0.600. The Morgan fingerprint density at radius 2 is 1.73 bits per heavy atom. The molecule has 0 bridgehead atoms. The first-order chi connectivity index (χ1) is 14.0. The highest BCUT2D eigenvalue weighted by atomic mass is 32.2. The normalized spacial score (nSPS) is 16.2. The van der Waals surface area contributed by atoms with Gasteiger partial charge in [-0.25, -0.2) is 0 Å². The molecule has 30 heavy (non-hydrogen) atoms. The molecular weight excluding hydrogens is 419 g/mol. The number of amides is 2. The number of benzene rings is 2. The van der Waals surface area contributed by atoms with Crippen LogP contribution in [0.15, 0.2) is 41.3 Å². The summed E-state index contributed by atoms with van der Waals surface area (Å²) in [7, 11) is 0. The molecule has 158 valence electrons. The van der Waals surface area contributed by atoms with Crippen LogP contribution in [-0.2, 0) is 17.5 Å². The highest BCUT2D eigenvalue weighted by Gasteiger charge is 2.37. The molecule has 0 atom stereocenters. The van der Waals surface area contributed by atoms with Gasteiger partial charge in [-0.2, -0.15) is 13.2 Å². The van der Waals surface area contributed by atoms with Crippen LogP contribution in [0, 0.1) is 0 Å². The van der Waals surface area contributed by atoms with Gasteiger partial charge in [0.15, 0.2) is 11.5 Å². The third-order valence-corrected chi connectivity index (χ3v) is 5.48. The van der Waals surface area contributed by atoms with Crippen molar-refractivity contribution in [3.63, 3.8) is 0 Å². The number of hydrogen-bond donors (Lipinski definition) is 2. The van der Waals surface area contributed by atoms with Crippen molar-refractivity contribution in [2.24, 2.45) is 0 Å². The summed E-state index contributed by atoms with van der Waals surface area (Å²) in [6.07, 6.45) is -3.81. The summed E-state index contributed by atoms with van der Waals surface area (Å²) in [4.78, 5) is 25.8. The predicted octanol–water partition coefficient (Wildman–Crippen LogP) is 5.48. The Morgan fingerprint density at radius 1 is 1.10 bits per heavy atom. The topological polar surface area (TPSA) is 77.8 Å². The molecule has 1 saturated heterocycles. The third-order valence-electron chi connectivity index (χ3n) is 4.58. The van der Waals surface area contributed by atoms with Gasteiger partial charge in [0.1, 0.15) is 5.56 Å². The summed E-state index contributed by atoms with van der Waals surface area (Å²) in [5, 5.41) is 18.5. The minimum Gasteiger partial charge on any atom is -0.504 e. The zero-order valence-corrected chi connectivity index (χ0v) is 16.8. The summed E-state index contributed by atoms with van der Waals surface area (Å²) in [6, 6.07) is 8.95. The molecule has 5 nitrogen and oxygen atoms in total. The molecule has 1 aliphatic rings. The quantitative estimate of drug-likeness (QED) is 0.490. The van der Waals surface area contributed by atoms with E-state index in [4.69, 9.17) is 0 Å². The number of carbonyl (C=O) groups is 2. The fraction of sp³-hybridized carbons (Fsp3) is 0.238. The van der Waals surface area contributed by atoms with Gasteiger partial charge in [0.25, 0.3) is 11.1 Å². The Labute approximate surface area is 174 Å². The van der Waals surface area contributed by atoms with Gasteiger partial charge >= 0.3 is 6.18 Å². The maximum atomic E-state index is 13.0. The van der Waals surface area contributed by atoms with Gasteiger partial charge in [0.05, 0.1) is 11.4 Å². The number of aromatic hydroxyl groups is 2. The lowest BCUT2D eigenvalue weighted by Crippen LogP contribution is -2.27. The lowest BCUT2D eigenvalue weighted by molar-refractivity contribution is -0.139. The van der Waals surface area contributed by atoms with E-state index in [1.807, 2.05) is 38.1 Å². The van der Waals surface area contributed by atoms with Gasteiger partial charge in [0.2, 0.25) is 0 Å². The van der Waals surface area contributed by atoms with E-state index in [0.717, 1.165) is 28.2 Å². The van der Waals surface area contributed by atoms with Crippen LogP contribution < -0.4 is 0 Å². The molecule has 0 unspecified atom stereocenters. The lowest BCUT2D eigenvalue weighted by atomic mass is 10.0. The SMILES string of the molecule is CC(C)c1ccc(CN2C(=O)S/C(=C\c3cc(O)c(O)c(C(F)(F)F)c3)C2=O)cc1. The number of alkyl halides is 3. The maximum absolute atomic E-state index is 13.0. The van der Waals surface area contributed by atoms with Crippen molar-refractivity contribution in [1.82, 2.24) is 4.90 Å². The summed E-state index contributed by atoms with van der Waals surface area (Å²) in [5.74, 6) is -2.57. The number of phenolic OH excluding ortho intramolecular Hbond substituents is 2. The zero-order valence-electron chi connectivity index (χ0n) is 16.0. The van der Waals surface area contributed by atoms with Gasteiger partial charge in [0, 0.05) is 0 Å². The minimum absolute atomic E-state index is 0.0367. The van der Waals surface area contributed by atoms with Gasteiger partial charge < -0.3 is 10.2 Å². The van der Waals surface area contributed by atoms with E-state index in [9.17, 15) is 33.0 Å². The molecule has 2 aromatic rings. The Morgan fingerprint density at radius 3 is 2.30 bits per heavy atom. The molecule has 0 spiro atoms. The summed E-state index contributed by atoms with van der Waals surface area (Å²) in [5.41, 5.74) is 0.257. The maximum Gasteiger partial charge on any atom is 0.420 e. The van der Waals surface area contributed by atoms with E-state index in [0.29, 0.717) is 23.7 Å². The van der Waals surface area contributed by atoms with E-state index in [2.05, 4.69) is 0 Å². The Bertz CT molecular complexity index is 1030. The van der Waals surface area contributed by atoms with Crippen molar-refractivity contribution in [2.45, 2.75) is 32.5 Å². The number of halogens is 3. The van der Waals surface area contributed by atoms with Gasteiger partial charge in [-0.1, -0.05) is 38.1 Å². The van der Waals surface area contributed by atoms with Crippen LogP contribution in [0.2, 0.25) is 0 Å². The van der Waals surface area contributed by atoms with E-state index >= 15 is 0 Å². The highest BCUT2D eigenvalue weighted by Crippen LogP contribution is 2.42. The smallest absolute Gasteiger partial charge is 0.420 e. The van der Waals surface area contributed by atoms with E-state index < -0.39 is 34.4 Å². The first-order valence-electron chi connectivity index (χ1n) is 8.94. The molecule has 2 aromatic carbocycles. The highest BCUT2D eigenvalue weighted by molar-refractivity contribution is 8.18. The average molecular weight is 437 g/mol. The number of carbonyl (C=O) groups excluding carboxylic acids is 2. The Hall–Kier alpha value is -2.94. The number of thioether (sulfide) groups is 1. The second-order valence-electron chi connectivity index (χ2n) is 7.10. The van der Waals surface area contributed by atoms with Crippen LogP contribution in [0.25, 0.3) is 6.08 Å². The van der Waals surface area contributed by atoms with Gasteiger partial charge in [-0.05, 0) is 52.6 Å². The molecule has 3 rings (SSSR count). The van der Waals surface area contributed by atoms with Crippen molar-refractivity contribution in [1.29, 1.82) is 0 Å². The number of nitrogens with zero attached hydrogens (tertiary/aromatic N) is 1. The predicted molar refractivity (Wildman–Crippen MR) is 107 cm³/mol. The molecular formula is C21H18F3NO4S.